The van der Waals surface area contributed by atoms with E-state index in [2.05, 4.69) is 13.2 Å². The van der Waals surface area contributed by atoms with E-state index in [0.717, 1.165) is 0 Å². The third-order valence-electron chi connectivity index (χ3n) is 1.17. The number of carboxylic acid groups (broad SMARTS) is 1. The predicted molar refractivity (Wildman–Crippen MR) is 40.7 cm³/mol. The zero-order valence-corrected chi connectivity index (χ0v) is 5.92. The van der Waals surface area contributed by atoms with E-state index in [1.165, 1.54) is 12.2 Å². The van der Waals surface area contributed by atoms with Crippen molar-refractivity contribution in [3.63, 3.8) is 0 Å². The van der Waals surface area contributed by atoms with Gasteiger partial charge in [0, 0.05) is 0 Å². The van der Waals surface area contributed by atoms with Gasteiger partial charge in [-0.1, -0.05) is 25.3 Å². The topological polar surface area (TPSA) is 37.3 Å². The van der Waals surface area contributed by atoms with Gasteiger partial charge in [-0.3, -0.25) is 0 Å². The molecule has 0 unspecified atom stereocenters. The Morgan fingerprint density at radius 2 is 1.90 bits per heavy atom. The lowest BCUT2D eigenvalue weighted by Crippen LogP contribution is -1.99. The van der Waals surface area contributed by atoms with Crippen molar-refractivity contribution in [1.82, 2.24) is 0 Å². The van der Waals surface area contributed by atoms with Gasteiger partial charge in [0.25, 0.3) is 0 Å². The zero-order chi connectivity index (χ0) is 8.15. The molecule has 0 aliphatic carbocycles. The Hall–Kier alpha value is -1.31. The van der Waals surface area contributed by atoms with Crippen LogP contribution in [0, 0.1) is 0 Å². The highest BCUT2D eigenvalue weighted by Gasteiger charge is 2.03. The largest absolute Gasteiger partial charge is 0.478 e. The monoisotopic (exact) mass is 138 g/mol. The lowest BCUT2D eigenvalue weighted by atomic mass is 10.1. The molecule has 0 amide bonds. The fourth-order valence-corrected chi connectivity index (χ4v) is 0.527. The van der Waals surface area contributed by atoms with Crippen molar-refractivity contribution in [3.05, 3.63) is 36.5 Å². The molecule has 0 bridgehead atoms. The minimum atomic E-state index is -0.965. The van der Waals surface area contributed by atoms with Crippen LogP contribution in [0.1, 0.15) is 6.92 Å². The van der Waals surface area contributed by atoms with E-state index in [1.807, 2.05) is 0 Å². The molecule has 0 aliphatic rings. The molecule has 0 atom stereocenters. The molecule has 1 N–H and O–H groups in total. The summed E-state index contributed by atoms with van der Waals surface area (Å²) in [5, 5.41) is 8.50. The average Bonchev–Trinajstić information content (AvgIpc) is 1.88. The van der Waals surface area contributed by atoms with Crippen LogP contribution < -0.4 is 0 Å². The molecule has 0 radical (unpaired) electrons. The van der Waals surface area contributed by atoms with Crippen LogP contribution in [-0.2, 0) is 4.79 Å². The van der Waals surface area contributed by atoms with Crippen molar-refractivity contribution in [2.75, 3.05) is 0 Å². The fourth-order valence-electron chi connectivity index (χ4n) is 0.527. The zero-order valence-electron chi connectivity index (χ0n) is 5.92. The summed E-state index contributed by atoms with van der Waals surface area (Å²) >= 11 is 0. The second-order valence-corrected chi connectivity index (χ2v) is 1.81. The number of carboxylic acids is 1. The summed E-state index contributed by atoms with van der Waals surface area (Å²) in [6.07, 6.45) is 2.80. The fraction of sp³-hybridized carbons (Fsp3) is 0.125. The van der Waals surface area contributed by atoms with Gasteiger partial charge in [-0.25, -0.2) is 4.79 Å². The van der Waals surface area contributed by atoms with Crippen LogP contribution in [0.2, 0.25) is 0 Å². The summed E-state index contributed by atoms with van der Waals surface area (Å²) in [4.78, 5) is 10.4. The smallest absolute Gasteiger partial charge is 0.335 e. The van der Waals surface area contributed by atoms with E-state index in [9.17, 15) is 4.79 Å². The summed E-state index contributed by atoms with van der Waals surface area (Å²) < 4.78 is 0. The molecular formula is C8H10O2. The number of hydrogen-bond acceptors (Lipinski definition) is 1. The number of hydrogen-bond donors (Lipinski definition) is 1. The van der Waals surface area contributed by atoms with Crippen molar-refractivity contribution in [2.24, 2.45) is 0 Å². The second-order valence-electron chi connectivity index (χ2n) is 1.81. The molecule has 0 rings (SSSR count). The van der Waals surface area contributed by atoms with E-state index in [-0.39, 0.29) is 5.57 Å². The van der Waals surface area contributed by atoms with Gasteiger partial charge in [0.2, 0.25) is 0 Å². The average molecular weight is 138 g/mol. The molecular weight excluding hydrogens is 128 g/mol. The second kappa shape index (κ2) is 3.67. The third-order valence-corrected chi connectivity index (χ3v) is 1.17. The predicted octanol–water partition coefficient (Wildman–Crippen LogP) is 1.76. The molecule has 0 saturated carbocycles. The van der Waals surface area contributed by atoms with Crippen molar-refractivity contribution in [2.45, 2.75) is 6.92 Å². The van der Waals surface area contributed by atoms with Crippen LogP contribution >= 0.6 is 0 Å². The van der Waals surface area contributed by atoms with Crippen molar-refractivity contribution >= 4 is 5.97 Å². The lowest BCUT2D eigenvalue weighted by molar-refractivity contribution is -0.132. The Morgan fingerprint density at radius 3 is 2.00 bits per heavy atom. The normalized spacial score (nSPS) is 11.7. The minimum Gasteiger partial charge on any atom is -0.478 e. The Labute approximate surface area is 60.2 Å². The Balaban J connectivity index is 4.79. The highest BCUT2D eigenvalue weighted by molar-refractivity contribution is 5.91. The van der Waals surface area contributed by atoms with Crippen LogP contribution in [0.25, 0.3) is 0 Å². The van der Waals surface area contributed by atoms with E-state index in [0.29, 0.717) is 5.57 Å². The van der Waals surface area contributed by atoms with Crippen LogP contribution in [0.15, 0.2) is 36.5 Å². The maximum Gasteiger partial charge on any atom is 0.335 e. The summed E-state index contributed by atoms with van der Waals surface area (Å²) in [7, 11) is 0. The van der Waals surface area contributed by atoms with Gasteiger partial charge in [-0.2, -0.15) is 0 Å². The molecule has 0 aromatic carbocycles. The van der Waals surface area contributed by atoms with E-state index >= 15 is 0 Å². The molecule has 0 aromatic rings. The van der Waals surface area contributed by atoms with Gasteiger partial charge in [0.15, 0.2) is 0 Å². The van der Waals surface area contributed by atoms with Crippen LogP contribution in [0.5, 0.6) is 0 Å². The maximum absolute atomic E-state index is 10.4. The van der Waals surface area contributed by atoms with Gasteiger partial charge in [0.05, 0.1) is 5.57 Å². The first kappa shape index (κ1) is 8.69. The summed E-state index contributed by atoms with van der Waals surface area (Å²) in [5.41, 5.74) is 0.831. The van der Waals surface area contributed by atoms with Crippen molar-refractivity contribution < 1.29 is 9.90 Å². The molecule has 0 aromatic heterocycles. The van der Waals surface area contributed by atoms with Gasteiger partial charge in [0.1, 0.15) is 0 Å². The first-order chi connectivity index (χ1) is 4.63. The summed E-state index contributed by atoms with van der Waals surface area (Å²) in [6.45, 7) is 8.49. The Kier molecular flexibility index (Phi) is 3.19. The third kappa shape index (κ3) is 1.90. The van der Waals surface area contributed by atoms with Gasteiger partial charge in [-0.15, -0.1) is 0 Å². The maximum atomic E-state index is 10.4. The van der Waals surface area contributed by atoms with Crippen molar-refractivity contribution in [3.8, 4) is 0 Å². The van der Waals surface area contributed by atoms with Crippen LogP contribution in [-0.4, -0.2) is 11.1 Å². The lowest BCUT2D eigenvalue weighted by Gasteiger charge is -1.95. The number of carbonyl (C=O) groups is 1. The van der Waals surface area contributed by atoms with Crippen LogP contribution in [0.4, 0.5) is 0 Å². The molecule has 0 heterocycles. The highest BCUT2D eigenvalue weighted by atomic mass is 16.4. The van der Waals surface area contributed by atoms with Crippen LogP contribution in [0.3, 0.4) is 0 Å². The van der Waals surface area contributed by atoms with Gasteiger partial charge < -0.3 is 5.11 Å². The summed E-state index contributed by atoms with van der Waals surface area (Å²) in [6, 6.07) is 0. The first-order valence-electron chi connectivity index (χ1n) is 2.82. The molecule has 0 spiro atoms. The van der Waals surface area contributed by atoms with Gasteiger partial charge >= 0.3 is 5.97 Å². The Bertz CT molecular complexity index is 199. The quantitative estimate of drug-likeness (QED) is 0.476. The SMILES string of the molecule is C=CC(C)=C(C=C)C(=O)O. The van der Waals surface area contributed by atoms with E-state index < -0.39 is 5.97 Å². The van der Waals surface area contributed by atoms with E-state index in [1.54, 1.807) is 6.92 Å². The number of rotatable bonds is 3. The number of aliphatic carboxylic acids is 1. The molecule has 0 fully saturated rings. The van der Waals surface area contributed by atoms with Gasteiger partial charge in [-0.05, 0) is 12.5 Å². The molecule has 54 valence electrons. The molecule has 0 saturated heterocycles. The first-order valence-corrected chi connectivity index (χ1v) is 2.82. The van der Waals surface area contributed by atoms with E-state index in [4.69, 9.17) is 5.11 Å². The number of allylic oxidation sites excluding steroid dienone is 2. The Morgan fingerprint density at radius 1 is 1.40 bits per heavy atom. The standard InChI is InChI=1S/C8H10O2/c1-4-6(3)7(5-2)8(9)10/h4-5H,1-2H2,3H3,(H,9,10). The molecule has 10 heavy (non-hydrogen) atoms. The molecule has 2 nitrogen and oxygen atoms in total. The van der Waals surface area contributed by atoms with Crippen molar-refractivity contribution in [1.29, 1.82) is 0 Å². The minimum absolute atomic E-state index is 0.204. The highest BCUT2D eigenvalue weighted by Crippen LogP contribution is 2.05. The molecule has 0 aliphatic heterocycles. The summed E-state index contributed by atoms with van der Waals surface area (Å²) in [5.74, 6) is -0.965. The molecule has 2 heteroatoms.